The summed E-state index contributed by atoms with van der Waals surface area (Å²) in [6.45, 7) is 1.28. The molecule has 0 saturated heterocycles. The van der Waals surface area contributed by atoms with Gasteiger partial charge < -0.3 is 5.11 Å². The lowest BCUT2D eigenvalue weighted by molar-refractivity contribution is 0.0483. The van der Waals surface area contributed by atoms with E-state index in [4.69, 9.17) is 0 Å². The van der Waals surface area contributed by atoms with E-state index in [1.54, 1.807) is 0 Å². The Bertz CT molecular complexity index is 462. The Morgan fingerprint density at radius 2 is 2.00 bits per heavy atom. The summed E-state index contributed by atoms with van der Waals surface area (Å²) in [5.74, 6) is -0.639. The highest BCUT2D eigenvalue weighted by molar-refractivity contribution is 7.84. The van der Waals surface area contributed by atoms with E-state index in [0.29, 0.717) is 0 Å². The topological polar surface area (TPSA) is 89.6 Å². The van der Waals surface area contributed by atoms with E-state index in [0.717, 1.165) is 6.07 Å². The molecule has 0 aliphatic heterocycles. The Labute approximate surface area is 92.9 Å². The molecule has 2 unspecified atom stereocenters. The van der Waals surface area contributed by atoms with Crippen molar-refractivity contribution in [1.29, 1.82) is 0 Å². The van der Waals surface area contributed by atoms with Gasteiger partial charge in [0.05, 0.1) is 0 Å². The molecule has 0 aromatic heterocycles. The highest BCUT2D eigenvalue weighted by Crippen LogP contribution is 2.22. The van der Waals surface area contributed by atoms with Gasteiger partial charge in [-0.1, -0.05) is 18.2 Å². The van der Waals surface area contributed by atoms with Crippen molar-refractivity contribution in [1.82, 2.24) is 0 Å². The van der Waals surface area contributed by atoms with Crippen molar-refractivity contribution in [2.45, 2.75) is 19.1 Å². The number of aliphatic hydroxyl groups excluding tert-OH is 1. The number of halogens is 1. The maximum Gasteiger partial charge on any atom is 0.333 e. The molecule has 0 amide bonds. The van der Waals surface area contributed by atoms with Gasteiger partial charge in [-0.25, -0.2) is 9.53 Å². The van der Waals surface area contributed by atoms with Crippen molar-refractivity contribution in [2.75, 3.05) is 0 Å². The highest BCUT2D eigenvalue weighted by Gasteiger charge is 2.23. The van der Waals surface area contributed by atoms with Gasteiger partial charge >= 0.3 is 10.3 Å². The van der Waals surface area contributed by atoms with E-state index in [2.05, 4.69) is 9.32 Å². The molecule has 0 spiro atoms. The van der Waals surface area contributed by atoms with Gasteiger partial charge in [-0.2, -0.15) is 8.42 Å². The largest absolute Gasteiger partial charge is 0.386 e. The Hall–Kier alpha value is -1.02. The second kappa shape index (κ2) is 4.88. The third kappa shape index (κ3) is 3.53. The molecule has 0 saturated carbocycles. The van der Waals surface area contributed by atoms with Crippen LogP contribution in [-0.2, 0) is 14.5 Å². The number of benzene rings is 1. The lowest BCUT2D eigenvalue weighted by Crippen LogP contribution is -2.27. The van der Waals surface area contributed by atoms with Gasteiger partial charge in [-0.3, -0.25) is 4.18 Å². The Balaban J connectivity index is 2.86. The first-order valence-corrected chi connectivity index (χ1v) is 5.92. The molecule has 0 aliphatic carbocycles. The van der Waals surface area contributed by atoms with Crippen molar-refractivity contribution < 1.29 is 22.1 Å². The molecule has 5 nitrogen and oxygen atoms in total. The van der Waals surface area contributed by atoms with Crippen molar-refractivity contribution in [3.8, 4) is 0 Å². The Kier molecular flexibility index (Phi) is 3.98. The summed E-state index contributed by atoms with van der Waals surface area (Å²) in [6.07, 6.45) is -2.56. The van der Waals surface area contributed by atoms with E-state index in [1.807, 2.05) is 0 Å². The van der Waals surface area contributed by atoms with Gasteiger partial charge in [0.1, 0.15) is 18.0 Å². The summed E-state index contributed by atoms with van der Waals surface area (Å²) in [5.41, 5.74) is -0.0429. The van der Waals surface area contributed by atoms with Crippen molar-refractivity contribution in [2.24, 2.45) is 5.14 Å². The predicted octanol–water partition coefficient (Wildman–Crippen LogP) is 0.468. The molecule has 0 fully saturated rings. The maximum atomic E-state index is 13.2. The van der Waals surface area contributed by atoms with Gasteiger partial charge in [0.25, 0.3) is 0 Å². The first kappa shape index (κ1) is 13.0. The smallest absolute Gasteiger partial charge is 0.333 e. The first-order chi connectivity index (χ1) is 7.31. The average molecular weight is 249 g/mol. The van der Waals surface area contributed by atoms with Crippen molar-refractivity contribution in [3.05, 3.63) is 35.6 Å². The summed E-state index contributed by atoms with van der Waals surface area (Å²) in [5, 5.41) is 14.3. The summed E-state index contributed by atoms with van der Waals surface area (Å²) >= 11 is 0. The van der Waals surface area contributed by atoms with Crippen LogP contribution in [0.5, 0.6) is 0 Å². The van der Waals surface area contributed by atoms with Crippen molar-refractivity contribution >= 4 is 10.3 Å². The van der Waals surface area contributed by atoms with Crippen LogP contribution in [0.4, 0.5) is 4.39 Å². The highest BCUT2D eigenvalue weighted by atomic mass is 32.2. The van der Waals surface area contributed by atoms with E-state index >= 15 is 0 Å². The third-order valence-electron chi connectivity index (χ3n) is 1.95. The van der Waals surface area contributed by atoms with Crippen LogP contribution < -0.4 is 5.14 Å². The van der Waals surface area contributed by atoms with Crippen LogP contribution in [0.3, 0.4) is 0 Å². The Morgan fingerprint density at radius 3 is 2.50 bits per heavy atom. The minimum Gasteiger partial charge on any atom is -0.386 e. The fourth-order valence-electron chi connectivity index (χ4n) is 1.23. The van der Waals surface area contributed by atoms with Crippen LogP contribution in [0.25, 0.3) is 0 Å². The molecular formula is C9H12FNO4S. The first-order valence-electron chi connectivity index (χ1n) is 4.45. The van der Waals surface area contributed by atoms with Crippen LogP contribution in [0.1, 0.15) is 18.6 Å². The molecule has 0 heterocycles. The molecule has 0 aliphatic rings. The van der Waals surface area contributed by atoms with Crippen LogP contribution in [0, 0.1) is 5.82 Å². The monoisotopic (exact) mass is 249 g/mol. The summed E-state index contributed by atoms with van der Waals surface area (Å²) < 4.78 is 38.8. The molecule has 2 atom stereocenters. The van der Waals surface area contributed by atoms with E-state index < -0.39 is 28.3 Å². The summed E-state index contributed by atoms with van der Waals surface area (Å²) in [4.78, 5) is 0. The lowest BCUT2D eigenvalue weighted by atomic mass is 10.1. The molecular weight excluding hydrogens is 237 g/mol. The van der Waals surface area contributed by atoms with Crippen LogP contribution in [-0.4, -0.2) is 19.6 Å². The zero-order valence-corrected chi connectivity index (χ0v) is 9.32. The van der Waals surface area contributed by atoms with Crippen molar-refractivity contribution in [3.63, 3.8) is 0 Å². The standard InChI is InChI=1S/C9H12FNO4S/c1-6(15-16(11,13)14)9(12)7-4-2-3-5-8(7)10/h2-6,9,12H,1H3,(H2,11,13,14). The lowest BCUT2D eigenvalue weighted by Gasteiger charge is -2.18. The zero-order chi connectivity index (χ0) is 12.3. The van der Waals surface area contributed by atoms with E-state index in [9.17, 15) is 17.9 Å². The Morgan fingerprint density at radius 1 is 1.44 bits per heavy atom. The molecule has 0 bridgehead atoms. The second-order valence-electron chi connectivity index (χ2n) is 3.26. The average Bonchev–Trinajstić information content (AvgIpc) is 2.15. The fraction of sp³-hybridized carbons (Fsp3) is 0.333. The molecule has 7 heteroatoms. The molecule has 1 aromatic rings. The van der Waals surface area contributed by atoms with E-state index in [1.165, 1.54) is 25.1 Å². The zero-order valence-electron chi connectivity index (χ0n) is 8.50. The molecule has 90 valence electrons. The van der Waals surface area contributed by atoms with Gasteiger partial charge in [-0.15, -0.1) is 0 Å². The van der Waals surface area contributed by atoms with E-state index in [-0.39, 0.29) is 5.56 Å². The third-order valence-corrected chi connectivity index (χ3v) is 2.53. The number of aliphatic hydroxyl groups is 1. The van der Waals surface area contributed by atoms with Gasteiger partial charge in [-0.05, 0) is 13.0 Å². The van der Waals surface area contributed by atoms with Crippen LogP contribution in [0.2, 0.25) is 0 Å². The quantitative estimate of drug-likeness (QED) is 0.811. The number of hydrogen-bond acceptors (Lipinski definition) is 4. The van der Waals surface area contributed by atoms with Crippen LogP contribution >= 0.6 is 0 Å². The van der Waals surface area contributed by atoms with Gasteiger partial charge in [0.2, 0.25) is 0 Å². The minimum absolute atomic E-state index is 0.0429. The molecule has 3 N–H and O–H groups in total. The van der Waals surface area contributed by atoms with Gasteiger partial charge in [0.15, 0.2) is 0 Å². The summed E-state index contributed by atoms with van der Waals surface area (Å²) in [7, 11) is -4.17. The second-order valence-corrected chi connectivity index (χ2v) is 4.44. The number of hydrogen-bond donors (Lipinski definition) is 2. The SMILES string of the molecule is CC(OS(N)(=O)=O)C(O)c1ccccc1F. The molecule has 1 rings (SSSR count). The molecule has 16 heavy (non-hydrogen) atoms. The molecule has 1 aromatic carbocycles. The predicted molar refractivity (Wildman–Crippen MR) is 55.0 cm³/mol. The van der Waals surface area contributed by atoms with Crippen LogP contribution in [0.15, 0.2) is 24.3 Å². The maximum absolute atomic E-state index is 13.2. The minimum atomic E-state index is -4.17. The summed E-state index contributed by atoms with van der Waals surface area (Å²) in [6, 6.07) is 5.47. The fourth-order valence-corrected chi connectivity index (χ4v) is 1.76. The number of nitrogens with two attached hydrogens (primary N) is 1. The number of rotatable bonds is 4. The normalized spacial score (nSPS) is 15.8. The molecule has 0 radical (unpaired) electrons. The van der Waals surface area contributed by atoms with Gasteiger partial charge in [0, 0.05) is 5.56 Å².